The van der Waals surface area contributed by atoms with E-state index in [4.69, 9.17) is 9.72 Å². The van der Waals surface area contributed by atoms with E-state index in [1.807, 2.05) is 29.3 Å². The van der Waals surface area contributed by atoms with Gasteiger partial charge >= 0.3 is 0 Å². The van der Waals surface area contributed by atoms with Gasteiger partial charge in [-0.3, -0.25) is 4.68 Å². The summed E-state index contributed by atoms with van der Waals surface area (Å²) in [6.45, 7) is 1.88. The minimum atomic E-state index is 0.422. The number of hydrogen-bond donors (Lipinski definition) is 0. The Morgan fingerprint density at radius 1 is 1.38 bits per heavy atom. The van der Waals surface area contributed by atoms with Gasteiger partial charge in [-0.05, 0) is 31.2 Å². The Morgan fingerprint density at radius 2 is 2.33 bits per heavy atom. The zero-order valence-electron chi connectivity index (χ0n) is 12.1. The van der Waals surface area contributed by atoms with E-state index in [-0.39, 0.29) is 0 Å². The molecule has 2 aromatic rings. The van der Waals surface area contributed by atoms with E-state index in [0.717, 1.165) is 26.0 Å². The van der Waals surface area contributed by atoms with Crippen LogP contribution in [-0.2, 0) is 24.6 Å². The Bertz CT molecular complexity index is 707. The zero-order valence-corrected chi connectivity index (χ0v) is 12.9. The molecule has 2 fully saturated rings. The number of thiazole rings is 1. The monoisotopic (exact) mass is 302 g/mol. The van der Waals surface area contributed by atoms with Gasteiger partial charge in [0.2, 0.25) is 0 Å². The first-order valence-electron chi connectivity index (χ1n) is 7.69. The summed E-state index contributed by atoms with van der Waals surface area (Å²) in [5, 5.41) is 5.63. The number of nitrogens with zero attached hydrogens (tertiary/aromatic N) is 4. The summed E-state index contributed by atoms with van der Waals surface area (Å²) in [5.41, 5.74) is 3.92. The van der Waals surface area contributed by atoms with Crippen LogP contribution in [0.15, 0.2) is 6.20 Å². The standard InChI is InChI=1S/C15H18N4OS/c1-18-13-9(6-16-18)3-2-4-12-14(13)21-15(17-12)19-7-11-5-10(19)8-20-11/h6,10-11H,2-5,7-8H2,1H3/t10-,11-/m0/s1. The van der Waals surface area contributed by atoms with E-state index in [0.29, 0.717) is 12.1 Å². The molecular weight excluding hydrogens is 284 g/mol. The first-order valence-corrected chi connectivity index (χ1v) is 8.50. The highest BCUT2D eigenvalue weighted by molar-refractivity contribution is 7.19. The molecule has 2 aromatic heterocycles. The number of aromatic nitrogens is 3. The molecule has 0 radical (unpaired) electrons. The molecule has 5 nitrogen and oxygen atoms in total. The molecule has 2 saturated heterocycles. The molecule has 2 aliphatic heterocycles. The van der Waals surface area contributed by atoms with E-state index in [1.165, 1.54) is 39.8 Å². The molecule has 0 unspecified atom stereocenters. The number of rotatable bonds is 1. The van der Waals surface area contributed by atoms with E-state index >= 15 is 0 Å². The quantitative estimate of drug-likeness (QED) is 0.808. The fraction of sp³-hybridized carbons (Fsp3) is 0.600. The van der Waals surface area contributed by atoms with Gasteiger partial charge in [-0.15, -0.1) is 0 Å². The van der Waals surface area contributed by atoms with Crippen LogP contribution in [0.4, 0.5) is 5.13 Å². The lowest BCUT2D eigenvalue weighted by Crippen LogP contribution is -2.36. The van der Waals surface area contributed by atoms with Crippen LogP contribution in [0.2, 0.25) is 0 Å². The molecule has 0 amide bonds. The lowest BCUT2D eigenvalue weighted by Gasteiger charge is -2.26. The average molecular weight is 302 g/mol. The molecule has 21 heavy (non-hydrogen) atoms. The Kier molecular flexibility index (Phi) is 2.49. The maximum Gasteiger partial charge on any atom is 0.186 e. The maximum absolute atomic E-state index is 5.71. The smallest absolute Gasteiger partial charge is 0.186 e. The third-order valence-corrected chi connectivity index (χ3v) is 6.06. The Hall–Kier alpha value is -1.40. The summed E-state index contributed by atoms with van der Waals surface area (Å²) in [6, 6.07) is 0.538. The maximum atomic E-state index is 5.71. The normalized spacial score (nSPS) is 26.8. The third-order valence-electron chi connectivity index (χ3n) is 4.92. The van der Waals surface area contributed by atoms with Gasteiger partial charge in [0.1, 0.15) is 0 Å². The number of fused-ring (bicyclic) bond motifs is 5. The molecule has 6 heteroatoms. The first kappa shape index (κ1) is 12.2. The van der Waals surface area contributed by atoms with Crippen LogP contribution in [0.3, 0.4) is 0 Å². The van der Waals surface area contributed by atoms with Crippen LogP contribution >= 0.6 is 11.3 Å². The first-order chi connectivity index (χ1) is 10.3. The van der Waals surface area contributed by atoms with E-state index in [1.54, 1.807) is 0 Å². The Balaban J connectivity index is 1.60. The number of aryl methyl sites for hydroxylation is 3. The minimum absolute atomic E-state index is 0.422. The predicted octanol–water partition coefficient (Wildman–Crippen LogP) is 2.01. The van der Waals surface area contributed by atoms with Crippen molar-refractivity contribution in [2.45, 2.75) is 37.8 Å². The Morgan fingerprint density at radius 3 is 3.14 bits per heavy atom. The molecule has 0 N–H and O–H groups in total. The van der Waals surface area contributed by atoms with Crippen LogP contribution in [0.25, 0.3) is 10.6 Å². The number of ether oxygens (including phenoxy) is 1. The van der Waals surface area contributed by atoms with Gasteiger partial charge < -0.3 is 9.64 Å². The molecule has 2 atom stereocenters. The van der Waals surface area contributed by atoms with Gasteiger partial charge in [0.05, 0.1) is 41.2 Å². The SMILES string of the molecule is Cn1ncc2c1-c1sc(N3C[C@@H]4C[C@H]3CO4)nc1CCC2. The second kappa shape index (κ2) is 4.30. The summed E-state index contributed by atoms with van der Waals surface area (Å²) >= 11 is 1.85. The van der Waals surface area contributed by atoms with Crippen molar-refractivity contribution >= 4 is 16.5 Å². The van der Waals surface area contributed by atoms with Gasteiger partial charge in [-0.25, -0.2) is 4.98 Å². The molecule has 3 aliphatic rings. The third kappa shape index (κ3) is 1.72. The van der Waals surface area contributed by atoms with Crippen molar-refractivity contribution in [3.05, 3.63) is 17.5 Å². The topological polar surface area (TPSA) is 43.2 Å². The molecule has 110 valence electrons. The number of anilines is 1. The van der Waals surface area contributed by atoms with Crippen molar-refractivity contribution in [2.24, 2.45) is 7.05 Å². The summed E-state index contributed by atoms with van der Waals surface area (Å²) < 4.78 is 7.72. The molecule has 2 bridgehead atoms. The Labute approximate surface area is 127 Å². The number of hydrogen-bond acceptors (Lipinski definition) is 5. The fourth-order valence-electron chi connectivity index (χ4n) is 3.86. The summed E-state index contributed by atoms with van der Waals surface area (Å²) in [6.07, 6.45) is 6.98. The van der Waals surface area contributed by atoms with Crippen LogP contribution in [0.5, 0.6) is 0 Å². The molecule has 1 aliphatic carbocycles. The number of morpholine rings is 1. The highest BCUT2D eigenvalue weighted by atomic mass is 32.1. The average Bonchev–Trinajstić information content (AvgIpc) is 3.22. The zero-order chi connectivity index (χ0) is 14.0. The van der Waals surface area contributed by atoms with Gasteiger partial charge in [0, 0.05) is 13.6 Å². The molecule has 0 spiro atoms. The van der Waals surface area contributed by atoms with Crippen LogP contribution in [0.1, 0.15) is 24.1 Å². The summed E-state index contributed by atoms with van der Waals surface area (Å²) in [7, 11) is 2.04. The lowest BCUT2D eigenvalue weighted by molar-refractivity contribution is 0.0991. The van der Waals surface area contributed by atoms with Crippen molar-refractivity contribution in [3.8, 4) is 10.6 Å². The molecule has 4 heterocycles. The van der Waals surface area contributed by atoms with E-state index < -0.39 is 0 Å². The minimum Gasteiger partial charge on any atom is -0.374 e. The van der Waals surface area contributed by atoms with Crippen molar-refractivity contribution in [1.82, 2.24) is 14.8 Å². The summed E-state index contributed by atoms with van der Waals surface area (Å²) in [5.74, 6) is 0. The fourth-order valence-corrected chi connectivity index (χ4v) is 5.16. The van der Waals surface area contributed by atoms with E-state index in [2.05, 4.69) is 10.00 Å². The second-order valence-corrected chi connectivity index (χ2v) is 7.24. The van der Waals surface area contributed by atoms with Gasteiger partial charge in [-0.1, -0.05) is 11.3 Å². The molecule has 0 aromatic carbocycles. The van der Waals surface area contributed by atoms with Crippen LogP contribution in [-0.4, -0.2) is 40.1 Å². The van der Waals surface area contributed by atoms with Crippen molar-refractivity contribution in [2.75, 3.05) is 18.1 Å². The molecule has 5 rings (SSSR count). The lowest BCUT2D eigenvalue weighted by atomic mass is 10.1. The van der Waals surface area contributed by atoms with Gasteiger partial charge in [0.25, 0.3) is 0 Å². The molecule has 0 saturated carbocycles. The molecular formula is C15H18N4OS. The van der Waals surface area contributed by atoms with E-state index in [9.17, 15) is 0 Å². The van der Waals surface area contributed by atoms with Crippen molar-refractivity contribution < 1.29 is 4.74 Å². The highest BCUT2D eigenvalue weighted by Crippen LogP contribution is 2.42. The van der Waals surface area contributed by atoms with Crippen molar-refractivity contribution in [3.63, 3.8) is 0 Å². The second-order valence-electron chi connectivity index (χ2n) is 6.27. The predicted molar refractivity (Wildman–Crippen MR) is 81.8 cm³/mol. The summed E-state index contributed by atoms with van der Waals surface area (Å²) in [4.78, 5) is 8.78. The van der Waals surface area contributed by atoms with Crippen LogP contribution in [0, 0.1) is 0 Å². The highest BCUT2D eigenvalue weighted by Gasteiger charge is 2.40. The van der Waals surface area contributed by atoms with Gasteiger partial charge in [0.15, 0.2) is 5.13 Å². The largest absolute Gasteiger partial charge is 0.374 e. The van der Waals surface area contributed by atoms with Gasteiger partial charge in [-0.2, -0.15) is 5.10 Å². The van der Waals surface area contributed by atoms with Crippen molar-refractivity contribution in [1.29, 1.82) is 0 Å². The van der Waals surface area contributed by atoms with Crippen LogP contribution < -0.4 is 4.90 Å².